The van der Waals surface area contributed by atoms with E-state index in [2.05, 4.69) is 20.0 Å². The molecule has 0 unspecified atom stereocenters. The molecular weight excluding hydrogens is 464 g/mol. The second-order valence-electron chi connectivity index (χ2n) is 6.83. The predicted molar refractivity (Wildman–Crippen MR) is 127 cm³/mol. The van der Waals surface area contributed by atoms with Crippen LogP contribution in [0, 0.1) is 0 Å². The van der Waals surface area contributed by atoms with Crippen molar-refractivity contribution in [3.05, 3.63) is 88.1 Å². The summed E-state index contributed by atoms with van der Waals surface area (Å²) in [7, 11) is -4.12. The summed E-state index contributed by atoms with van der Waals surface area (Å²) in [5, 5.41) is 3.29. The van der Waals surface area contributed by atoms with E-state index in [4.69, 9.17) is 16.3 Å². The number of esters is 1. The number of hydrogen-bond acceptors (Lipinski definition) is 7. The number of aromatic nitrogens is 2. The second kappa shape index (κ2) is 9.43. The van der Waals surface area contributed by atoms with Crippen LogP contribution in [0.5, 0.6) is 0 Å². The van der Waals surface area contributed by atoms with Crippen LogP contribution in [0.3, 0.4) is 0 Å². The van der Waals surface area contributed by atoms with E-state index in [0.29, 0.717) is 22.3 Å². The molecule has 0 aliphatic heterocycles. The highest BCUT2D eigenvalue weighted by molar-refractivity contribution is 7.94. The van der Waals surface area contributed by atoms with Crippen LogP contribution in [-0.4, -0.2) is 31.0 Å². The van der Waals surface area contributed by atoms with E-state index < -0.39 is 16.0 Å². The fourth-order valence-electron chi connectivity index (χ4n) is 3.01. The molecule has 168 valence electrons. The average Bonchev–Trinajstić information content (AvgIpc) is 2.79. The van der Waals surface area contributed by atoms with Gasteiger partial charge in [0.2, 0.25) is 10.0 Å². The van der Waals surface area contributed by atoms with Gasteiger partial charge in [-0.3, -0.25) is 0 Å². The number of carbonyl (C=O) groups excluding carboxylic acids is 1. The Kier molecular flexibility index (Phi) is 6.43. The van der Waals surface area contributed by atoms with Crippen LogP contribution in [0.2, 0.25) is 5.02 Å². The molecule has 0 fully saturated rings. The van der Waals surface area contributed by atoms with Crippen molar-refractivity contribution in [3.8, 4) is 0 Å². The number of halogens is 1. The third kappa shape index (κ3) is 5.21. The van der Waals surface area contributed by atoms with Crippen LogP contribution >= 0.6 is 11.6 Å². The first-order chi connectivity index (χ1) is 15.9. The van der Waals surface area contributed by atoms with Crippen molar-refractivity contribution in [2.75, 3.05) is 11.9 Å². The quantitative estimate of drug-likeness (QED) is 0.342. The molecular formula is C23H18ClN4O4S-. The largest absolute Gasteiger partial charge is 0.462 e. The molecule has 1 aromatic heterocycles. The first kappa shape index (κ1) is 22.5. The lowest BCUT2D eigenvalue weighted by Crippen LogP contribution is -2.06. The van der Waals surface area contributed by atoms with Crippen LogP contribution in [0.4, 0.5) is 17.3 Å². The summed E-state index contributed by atoms with van der Waals surface area (Å²) < 4.78 is 34.8. The maximum absolute atomic E-state index is 12.9. The summed E-state index contributed by atoms with van der Waals surface area (Å²) in [5.74, 6) is -0.491. The molecule has 8 nitrogen and oxygen atoms in total. The molecule has 33 heavy (non-hydrogen) atoms. The molecule has 0 bridgehead atoms. The van der Waals surface area contributed by atoms with Gasteiger partial charge in [-0.05, 0) is 60.7 Å². The van der Waals surface area contributed by atoms with Gasteiger partial charge < -0.3 is 19.8 Å². The number of rotatable bonds is 7. The molecule has 0 aliphatic carbocycles. The molecule has 4 rings (SSSR count). The van der Waals surface area contributed by atoms with Crippen LogP contribution in [-0.2, 0) is 14.8 Å². The van der Waals surface area contributed by atoms with Crippen molar-refractivity contribution in [2.24, 2.45) is 0 Å². The molecule has 10 heteroatoms. The first-order valence-corrected chi connectivity index (χ1v) is 11.7. The normalized spacial score (nSPS) is 11.2. The van der Waals surface area contributed by atoms with Crippen molar-refractivity contribution in [1.82, 2.24) is 9.97 Å². The van der Waals surface area contributed by atoms with E-state index in [9.17, 15) is 13.2 Å². The van der Waals surface area contributed by atoms with Gasteiger partial charge in [-0.2, -0.15) is 0 Å². The Hall–Kier alpha value is -3.69. The van der Waals surface area contributed by atoms with Crippen molar-refractivity contribution in [1.29, 1.82) is 0 Å². The molecule has 0 atom stereocenters. The summed E-state index contributed by atoms with van der Waals surface area (Å²) in [6.45, 7) is 1.97. The highest BCUT2D eigenvalue weighted by atomic mass is 35.5. The average molecular weight is 482 g/mol. The molecule has 0 amide bonds. The minimum atomic E-state index is -4.12. The summed E-state index contributed by atoms with van der Waals surface area (Å²) in [6, 6.07) is 19.4. The number of para-hydroxylation sites is 2. The molecule has 1 heterocycles. The molecule has 0 saturated heterocycles. The van der Waals surface area contributed by atoms with Crippen molar-refractivity contribution >= 4 is 56.0 Å². The molecule has 4 aromatic rings. The van der Waals surface area contributed by atoms with Gasteiger partial charge in [0.15, 0.2) is 0 Å². The highest BCUT2D eigenvalue weighted by Crippen LogP contribution is 2.35. The van der Waals surface area contributed by atoms with Gasteiger partial charge in [-0.15, -0.1) is 0 Å². The molecule has 0 spiro atoms. The Morgan fingerprint density at radius 1 is 1.00 bits per heavy atom. The van der Waals surface area contributed by atoms with Gasteiger partial charge in [0.25, 0.3) is 0 Å². The third-order valence-electron chi connectivity index (χ3n) is 4.49. The van der Waals surface area contributed by atoms with E-state index in [1.54, 1.807) is 61.5 Å². The van der Waals surface area contributed by atoms with Crippen LogP contribution < -0.4 is 5.32 Å². The van der Waals surface area contributed by atoms with E-state index in [0.717, 1.165) is 0 Å². The van der Waals surface area contributed by atoms with Gasteiger partial charge in [-0.1, -0.05) is 41.9 Å². The number of anilines is 2. The zero-order valence-electron chi connectivity index (χ0n) is 17.4. The van der Waals surface area contributed by atoms with Crippen molar-refractivity contribution in [2.45, 2.75) is 11.8 Å². The van der Waals surface area contributed by atoms with Crippen molar-refractivity contribution in [3.63, 3.8) is 0 Å². The topological polar surface area (TPSA) is 112 Å². The van der Waals surface area contributed by atoms with Gasteiger partial charge in [-0.25, -0.2) is 18.2 Å². The highest BCUT2D eigenvalue weighted by Gasteiger charge is 2.14. The molecule has 3 aromatic carbocycles. The maximum Gasteiger partial charge on any atom is 0.338 e. The summed E-state index contributed by atoms with van der Waals surface area (Å²) in [6.07, 6.45) is 0. The summed E-state index contributed by atoms with van der Waals surface area (Å²) in [4.78, 5) is 20.9. The Balaban J connectivity index is 1.74. The lowest BCUT2D eigenvalue weighted by molar-refractivity contribution is 0.0526. The van der Waals surface area contributed by atoms with Gasteiger partial charge in [0.05, 0.1) is 22.6 Å². The zero-order valence-corrected chi connectivity index (χ0v) is 19.0. The number of fused-ring (bicyclic) bond motifs is 1. The van der Waals surface area contributed by atoms with Crippen LogP contribution in [0.15, 0.2) is 77.7 Å². The summed E-state index contributed by atoms with van der Waals surface area (Å²) >= 11 is 5.95. The second-order valence-corrected chi connectivity index (χ2v) is 8.88. The fraction of sp³-hybridized carbons (Fsp3) is 0.0870. The van der Waals surface area contributed by atoms with Crippen LogP contribution in [0.1, 0.15) is 17.3 Å². The Bertz CT molecular complexity index is 1440. The molecule has 0 aliphatic rings. The third-order valence-corrected chi connectivity index (χ3v) is 5.99. The predicted octanol–water partition coefficient (Wildman–Crippen LogP) is 5.60. The van der Waals surface area contributed by atoms with E-state index >= 15 is 0 Å². The number of nitrogens with zero attached hydrogens (tertiary/aromatic N) is 3. The SMILES string of the molecule is CCOC(=O)c1cccc(Nc2nc3ccccc3nc2[N-]S(=O)(=O)c2cccc(Cl)c2)c1. The van der Waals surface area contributed by atoms with Gasteiger partial charge in [0, 0.05) is 10.7 Å². The van der Waals surface area contributed by atoms with Crippen molar-refractivity contribution < 1.29 is 17.9 Å². The Morgan fingerprint density at radius 3 is 2.45 bits per heavy atom. The Labute approximate surface area is 195 Å². The minimum absolute atomic E-state index is 0.0692. The number of carbonyl (C=O) groups is 1. The number of ether oxygens (including phenoxy) is 1. The lowest BCUT2D eigenvalue weighted by atomic mass is 10.2. The van der Waals surface area contributed by atoms with Gasteiger partial charge >= 0.3 is 5.97 Å². The number of benzene rings is 3. The monoisotopic (exact) mass is 481 g/mol. The van der Waals surface area contributed by atoms with Crippen LogP contribution in [0.25, 0.3) is 15.8 Å². The standard InChI is InChI=1S/C23H18ClN4O4S/c1-2-32-23(29)15-7-5-9-17(13-15)25-21-22(27-20-12-4-3-11-19(20)26-21)28-33(30,31)18-10-6-8-16(24)14-18/h3-14H,2H2,1H3,(H-,25,26,27,28)/q-1. The van der Waals surface area contributed by atoms with E-state index in [1.807, 2.05) is 0 Å². The fourth-order valence-corrected chi connectivity index (χ4v) is 4.25. The smallest absolute Gasteiger partial charge is 0.338 e. The first-order valence-electron chi connectivity index (χ1n) is 9.90. The summed E-state index contributed by atoms with van der Waals surface area (Å²) in [5.41, 5.74) is 1.84. The number of sulfonamides is 1. The molecule has 0 radical (unpaired) electrons. The molecule has 0 saturated carbocycles. The van der Waals surface area contributed by atoms with E-state index in [-0.39, 0.29) is 28.2 Å². The number of nitrogens with one attached hydrogen (secondary N) is 1. The lowest BCUT2D eigenvalue weighted by Gasteiger charge is -2.21. The maximum atomic E-state index is 12.9. The Morgan fingerprint density at radius 2 is 1.73 bits per heavy atom. The zero-order chi connectivity index (χ0) is 23.4. The number of hydrogen-bond donors (Lipinski definition) is 1. The van der Waals surface area contributed by atoms with Gasteiger partial charge in [0.1, 0.15) is 5.82 Å². The van der Waals surface area contributed by atoms with E-state index in [1.165, 1.54) is 18.2 Å². The minimum Gasteiger partial charge on any atom is -0.462 e. The molecule has 1 N–H and O–H groups in total.